The topological polar surface area (TPSA) is 33.2 Å². The summed E-state index contributed by atoms with van der Waals surface area (Å²) in [5, 5.41) is 2.80. The molecule has 2 heterocycles. The lowest BCUT2D eigenvalue weighted by atomic mass is 9.95. The van der Waals surface area contributed by atoms with Gasteiger partial charge in [-0.15, -0.1) is 22.9 Å². The lowest BCUT2D eigenvalue weighted by Gasteiger charge is -2.36. The van der Waals surface area contributed by atoms with E-state index < -0.39 is 0 Å². The fourth-order valence-corrected chi connectivity index (χ4v) is 3.37. The van der Waals surface area contributed by atoms with Gasteiger partial charge in [0.2, 0.25) is 5.91 Å². The Hall–Kier alpha value is -0.610. The van der Waals surface area contributed by atoms with E-state index in [1.54, 1.807) is 0 Å². The highest BCUT2D eigenvalue weighted by Crippen LogP contribution is 2.22. The fourth-order valence-electron chi connectivity index (χ4n) is 2.36. The van der Waals surface area contributed by atoms with Gasteiger partial charge in [-0.2, -0.15) is 0 Å². The molecule has 2 rings (SSSR count). The fraction of sp³-hybridized carbons (Fsp3) is 0.692. The van der Waals surface area contributed by atoms with Crippen molar-refractivity contribution in [1.82, 2.24) is 9.88 Å². The molecule has 0 saturated carbocycles. The van der Waals surface area contributed by atoms with E-state index in [1.165, 1.54) is 17.8 Å². The zero-order valence-electron chi connectivity index (χ0n) is 10.9. The van der Waals surface area contributed by atoms with Gasteiger partial charge < -0.3 is 4.90 Å². The zero-order valence-corrected chi connectivity index (χ0v) is 12.4. The molecular weight excluding hydrogens is 268 g/mol. The van der Waals surface area contributed by atoms with E-state index in [1.807, 2.05) is 10.3 Å². The van der Waals surface area contributed by atoms with E-state index >= 15 is 0 Å². The zero-order chi connectivity index (χ0) is 13.1. The number of carbonyl (C=O) groups is 1. The first-order valence-electron chi connectivity index (χ1n) is 6.39. The van der Waals surface area contributed by atoms with E-state index in [-0.39, 0.29) is 5.91 Å². The summed E-state index contributed by atoms with van der Waals surface area (Å²) in [5.41, 5.74) is 0.865. The van der Waals surface area contributed by atoms with Gasteiger partial charge in [0, 0.05) is 18.0 Å². The molecule has 1 amide bonds. The van der Waals surface area contributed by atoms with E-state index in [0.29, 0.717) is 24.3 Å². The van der Waals surface area contributed by atoms with Crippen molar-refractivity contribution < 1.29 is 4.79 Å². The van der Waals surface area contributed by atoms with Crippen LogP contribution in [0.15, 0.2) is 5.38 Å². The molecule has 0 radical (unpaired) electrons. The minimum absolute atomic E-state index is 0.199. The molecule has 1 aromatic heterocycles. The third-order valence-electron chi connectivity index (χ3n) is 3.48. The summed E-state index contributed by atoms with van der Waals surface area (Å²) in [6.07, 6.45) is 2.74. The SMILES string of the molecule is CC1CCC(C)N(C(=O)Cc2nc(CCl)cs2)C1. The molecule has 1 aliphatic rings. The third kappa shape index (κ3) is 3.23. The first kappa shape index (κ1) is 13.8. The molecule has 5 heteroatoms. The van der Waals surface area contributed by atoms with Gasteiger partial charge in [-0.3, -0.25) is 4.79 Å². The van der Waals surface area contributed by atoms with Gasteiger partial charge in [-0.25, -0.2) is 4.98 Å². The lowest BCUT2D eigenvalue weighted by molar-refractivity contribution is -0.134. The second kappa shape index (κ2) is 6.02. The van der Waals surface area contributed by atoms with Crippen molar-refractivity contribution in [3.05, 3.63) is 16.1 Å². The van der Waals surface area contributed by atoms with Gasteiger partial charge in [-0.05, 0) is 25.7 Å². The number of aromatic nitrogens is 1. The molecule has 3 nitrogen and oxygen atoms in total. The van der Waals surface area contributed by atoms with Crippen molar-refractivity contribution in [1.29, 1.82) is 0 Å². The summed E-state index contributed by atoms with van der Waals surface area (Å²) in [5.74, 6) is 1.23. The normalized spacial score (nSPS) is 24.3. The Labute approximate surface area is 117 Å². The second-order valence-electron chi connectivity index (χ2n) is 5.12. The van der Waals surface area contributed by atoms with Crippen molar-refractivity contribution in [3.8, 4) is 0 Å². The summed E-state index contributed by atoms with van der Waals surface area (Å²) in [6.45, 7) is 5.23. The van der Waals surface area contributed by atoms with E-state index in [2.05, 4.69) is 18.8 Å². The van der Waals surface area contributed by atoms with Gasteiger partial charge in [0.05, 0.1) is 18.0 Å². The number of halogens is 1. The van der Waals surface area contributed by atoms with Crippen LogP contribution in [0.5, 0.6) is 0 Å². The Morgan fingerprint density at radius 2 is 2.33 bits per heavy atom. The number of hydrogen-bond donors (Lipinski definition) is 0. The maximum Gasteiger partial charge on any atom is 0.229 e. The van der Waals surface area contributed by atoms with Crippen LogP contribution < -0.4 is 0 Å². The molecule has 0 N–H and O–H groups in total. The second-order valence-corrected chi connectivity index (χ2v) is 6.33. The average Bonchev–Trinajstić information content (AvgIpc) is 2.80. The molecule has 1 fully saturated rings. The standard InChI is InChI=1S/C13H19ClN2OS/c1-9-3-4-10(2)16(7-9)13(17)5-12-15-11(6-14)8-18-12/h8-10H,3-7H2,1-2H3. The van der Waals surface area contributed by atoms with Crippen LogP contribution in [-0.2, 0) is 17.1 Å². The first-order valence-corrected chi connectivity index (χ1v) is 7.80. The summed E-state index contributed by atoms with van der Waals surface area (Å²) >= 11 is 7.24. The van der Waals surface area contributed by atoms with Crippen molar-refractivity contribution in [2.75, 3.05) is 6.54 Å². The van der Waals surface area contributed by atoms with Crippen LogP contribution >= 0.6 is 22.9 Å². The van der Waals surface area contributed by atoms with Crippen LogP contribution in [0, 0.1) is 5.92 Å². The number of amides is 1. The highest BCUT2D eigenvalue weighted by Gasteiger charge is 2.27. The van der Waals surface area contributed by atoms with E-state index in [4.69, 9.17) is 11.6 Å². The highest BCUT2D eigenvalue weighted by molar-refractivity contribution is 7.09. The molecule has 2 atom stereocenters. The third-order valence-corrected chi connectivity index (χ3v) is 4.65. The largest absolute Gasteiger partial charge is 0.339 e. The average molecular weight is 287 g/mol. The van der Waals surface area contributed by atoms with Gasteiger partial charge in [-0.1, -0.05) is 6.92 Å². The number of likely N-dealkylation sites (tertiary alicyclic amines) is 1. The van der Waals surface area contributed by atoms with E-state index in [0.717, 1.165) is 23.7 Å². The number of thiazole rings is 1. The Kier molecular flexibility index (Phi) is 4.62. The quantitative estimate of drug-likeness (QED) is 0.800. The summed E-state index contributed by atoms with van der Waals surface area (Å²) in [7, 11) is 0. The molecule has 1 aromatic rings. The predicted octanol–water partition coefficient (Wildman–Crippen LogP) is 3.07. The van der Waals surface area contributed by atoms with Crippen molar-refractivity contribution in [2.45, 2.75) is 45.0 Å². The van der Waals surface area contributed by atoms with Crippen molar-refractivity contribution in [2.24, 2.45) is 5.92 Å². The van der Waals surface area contributed by atoms with Crippen LogP contribution in [0.1, 0.15) is 37.4 Å². The maximum absolute atomic E-state index is 12.3. The molecule has 0 aliphatic carbocycles. The Balaban J connectivity index is 1.98. The molecule has 2 unspecified atom stereocenters. The van der Waals surface area contributed by atoms with E-state index in [9.17, 15) is 4.79 Å². The smallest absolute Gasteiger partial charge is 0.229 e. The van der Waals surface area contributed by atoms with Gasteiger partial charge in [0.25, 0.3) is 0 Å². The van der Waals surface area contributed by atoms with Crippen molar-refractivity contribution >= 4 is 28.8 Å². The molecular formula is C13H19ClN2OS. The monoisotopic (exact) mass is 286 g/mol. The molecule has 1 aliphatic heterocycles. The number of alkyl halides is 1. The number of hydrogen-bond acceptors (Lipinski definition) is 3. The molecule has 0 spiro atoms. The lowest BCUT2D eigenvalue weighted by Crippen LogP contribution is -2.45. The van der Waals surface area contributed by atoms with Gasteiger partial charge >= 0.3 is 0 Å². The number of nitrogens with zero attached hydrogens (tertiary/aromatic N) is 2. The summed E-state index contributed by atoms with van der Waals surface area (Å²) in [6, 6.07) is 0.362. The molecule has 1 saturated heterocycles. The van der Waals surface area contributed by atoms with Crippen LogP contribution in [0.2, 0.25) is 0 Å². The first-order chi connectivity index (χ1) is 8.60. The van der Waals surface area contributed by atoms with Crippen LogP contribution in [0.3, 0.4) is 0 Å². The minimum atomic E-state index is 0.199. The summed E-state index contributed by atoms with van der Waals surface area (Å²) in [4.78, 5) is 18.6. The van der Waals surface area contributed by atoms with Gasteiger partial charge in [0.15, 0.2) is 0 Å². The molecule has 18 heavy (non-hydrogen) atoms. The maximum atomic E-state index is 12.3. The molecule has 0 bridgehead atoms. The van der Waals surface area contributed by atoms with Crippen LogP contribution in [0.25, 0.3) is 0 Å². The highest BCUT2D eigenvalue weighted by atomic mass is 35.5. The Morgan fingerprint density at radius 1 is 1.56 bits per heavy atom. The van der Waals surface area contributed by atoms with Crippen LogP contribution in [-0.4, -0.2) is 28.4 Å². The van der Waals surface area contributed by atoms with Crippen molar-refractivity contribution in [3.63, 3.8) is 0 Å². The predicted molar refractivity (Wildman–Crippen MR) is 74.9 cm³/mol. The number of carbonyl (C=O) groups excluding carboxylic acids is 1. The number of rotatable bonds is 3. The molecule has 0 aromatic carbocycles. The van der Waals surface area contributed by atoms with Crippen LogP contribution in [0.4, 0.5) is 0 Å². The summed E-state index contributed by atoms with van der Waals surface area (Å²) < 4.78 is 0. The molecule has 100 valence electrons. The Bertz CT molecular complexity index is 421. The van der Waals surface area contributed by atoms with Gasteiger partial charge in [0.1, 0.15) is 5.01 Å². The Morgan fingerprint density at radius 3 is 3.00 bits per heavy atom. The minimum Gasteiger partial charge on any atom is -0.339 e. The number of piperidine rings is 1.